The second-order valence-corrected chi connectivity index (χ2v) is 5.36. The van der Waals surface area contributed by atoms with Crippen molar-refractivity contribution in [2.45, 2.75) is 13.1 Å². The summed E-state index contributed by atoms with van der Waals surface area (Å²) in [6.45, 7) is 1.16. The predicted octanol–water partition coefficient (Wildman–Crippen LogP) is 2.50. The van der Waals surface area contributed by atoms with E-state index in [1.54, 1.807) is 13.3 Å². The van der Waals surface area contributed by atoms with Crippen LogP contribution < -0.4 is 4.74 Å². The normalized spacial score (nSPS) is 13.7. The highest BCUT2D eigenvalue weighted by atomic mass is 16.5. The van der Waals surface area contributed by atoms with Crippen LogP contribution in [0.1, 0.15) is 21.7 Å². The minimum Gasteiger partial charge on any atom is -0.497 e. The Kier molecular flexibility index (Phi) is 2.85. The van der Waals surface area contributed by atoms with Gasteiger partial charge in [-0.2, -0.15) is 0 Å². The Morgan fingerprint density at radius 2 is 2.00 bits per heavy atom. The number of carbonyl (C=O) groups is 1. The topological polar surface area (TPSA) is 46.8 Å². The van der Waals surface area contributed by atoms with Crippen LogP contribution >= 0.6 is 0 Å². The molecule has 0 unspecified atom stereocenters. The second-order valence-electron chi connectivity index (χ2n) is 5.36. The summed E-state index contributed by atoms with van der Waals surface area (Å²) in [4.78, 5) is 18.8. The average Bonchev–Trinajstić information content (AvgIpc) is 2.99. The molecule has 1 aliphatic rings. The average molecular weight is 293 g/mol. The molecule has 0 saturated heterocycles. The van der Waals surface area contributed by atoms with Gasteiger partial charge in [0.25, 0.3) is 5.91 Å². The molecule has 110 valence electrons. The number of benzene rings is 1. The summed E-state index contributed by atoms with van der Waals surface area (Å²) in [7, 11) is 1.64. The van der Waals surface area contributed by atoms with Gasteiger partial charge < -0.3 is 9.64 Å². The number of amides is 1. The van der Waals surface area contributed by atoms with Gasteiger partial charge in [0, 0.05) is 12.2 Å². The quantitative estimate of drug-likeness (QED) is 0.745. The maximum absolute atomic E-state index is 12.6. The Morgan fingerprint density at radius 3 is 2.77 bits per heavy atom. The van der Waals surface area contributed by atoms with Gasteiger partial charge in [-0.05, 0) is 29.8 Å². The summed E-state index contributed by atoms with van der Waals surface area (Å²) in [6.07, 6.45) is 1.65. The third kappa shape index (κ3) is 1.94. The number of hydrogen-bond donors (Lipinski definition) is 0. The summed E-state index contributed by atoms with van der Waals surface area (Å²) in [6, 6.07) is 13.7. The van der Waals surface area contributed by atoms with Crippen molar-refractivity contribution in [3.63, 3.8) is 0 Å². The molecule has 1 aromatic carbocycles. The summed E-state index contributed by atoms with van der Waals surface area (Å²) >= 11 is 0. The van der Waals surface area contributed by atoms with E-state index in [9.17, 15) is 4.79 Å². The van der Waals surface area contributed by atoms with Crippen LogP contribution in [0.25, 0.3) is 5.65 Å². The van der Waals surface area contributed by atoms with Crippen LogP contribution in [0.3, 0.4) is 0 Å². The van der Waals surface area contributed by atoms with Crippen molar-refractivity contribution >= 4 is 11.6 Å². The van der Waals surface area contributed by atoms with E-state index >= 15 is 0 Å². The number of pyridine rings is 1. The Hall–Kier alpha value is -2.82. The van der Waals surface area contributed by atoms with Crippen molar-refractivity contribution in [3.8, 4) is 5.75 Å². The maximum atomic E-state index is 12.6. The van der Waals surface area contributed by atoms with Gasteiger partial charge >= 0.3 is 0 Å². The molecule has 0 aliphatic carbocycles. The molecule has 3 heterocycles. The molecule has 0 N–H and O–H groups in total. The minimum atomic E-state index is 0.0158. The van der Waals surface area contributed by atoms with Crippen molar-refractivity contribution in [1.29, 1.82) is 0 Å². The fraction of sp³-hybridized carbons (Fsp3) is 0.176. The molecular weight excluding hydrogens is 278 g/mol. The molecule has 1 amide bonds. The molecular formula is C17H15N3O2. The molecule has 0 bridgehead atoms. The Labute approximate surface area is 127 Å². The number of methoxy groups -OCH3 is 1. The lowest BCUT2D eigenvalue weighted by Gasteiger charge is -2.27. The number of imidazole rings is 1. The first-order chi connectivity index (χ1) is 10.8. The molecule has 3 aromatic rings. The molecule has 0 saturated carbocycles. The van der Waals surface area contributed by atoms with E-state index in [1.807, 2.05) is 51.8 Å². The number of hydrogen-bond acceptors (Lipinski definition) is 3. The first-order valence-corrected chi connectivity index (χ1v) is 7.14. The predicted molar refractivity (Wildman–Crippen MR) is 81.8 cm³/mol. The third-order valence-electron chi connectivity index (χ3n) is 4.00. The van der Waals surface area contributed by atoms with Crippen LogP contribution in [-0.2, 0) is 13.1 Å². The van der Waals surface area contributed by atoms with Crippen molar-refractivity contribution in [3.05, 3.63) is 65.6 Å². The van der Waals surface area contributed by atoms with Crippen LogP contribution in [0.2, 0.25) is 0 Å². The van der Waals surface area contributed by atoms with Gasteiger partial charge in [0.2, 0.25) is 0 Å². The van der Waals surface area contributed by atoms with Crippen LogP contribution in [0.5, 0.6) is 5.75 Å². The van der Waals surface area contributed by atoms with Crippen LogP contribution in [0.15, 0.2) is 48.7 Å². The highest BCUT2D eigenvalue weighted by Gasteiger charge is 2.26. The molecule has 0 fully saturated rings. The van der Waals surface area contributed by atoms with E-state index in [0.29, 0.717) is 18.8 Å². The van der Waals surface area contributed by atoms with Crippen LogP contribution in [0.4, 0.5) is 0 Å². The van der Waals surface area contributed by atoms with Gasteiger partial charge in [-0.3, -0.25) is 9.20 Å². The number of aromatic nitrogens is 2. The van der Waals surface area contributed by atoms with Gasteiger partial charge in [0.15, 0.2) is 0 Å². The summed E-state index contributed by atoms with van der Waals surface area (Å²) in [5.74, 6) is 0.832. The van der Waals surface area contributed by atoms with Crippen molar-refractivity contribution < 1.29 is 9.53 Å². The van der Waals surface area contributed by atoms with Crippen molar-refractivity contribution in [2.75, 3.05) is 7.11 Å². The van der Waals surface area contributed by atoms with E-state index in [4.69, 9.17) is 4.74 Å². The zero-order valence-electron chi connectivity index (χ0n) is 12.2. The van der Waals surface area contributed by atoms with E-state index in [0.717, 1.165) is 22.7 Å². The SMILES string of the molecule is COc1ccc(CN2Cc3cccc4ncc(n34)C2=O)cc1. The molecule has 1 aliphatic heterocycles. The largest absolute Gasteiger partial charge is 0.497 e. The van der Waals surface area contributed by atoms with E-state index in [2.05, 4.69) is 4.98 Å². The fourth-order valence-corrected chi connectivity index (χ4v) is 2.89. The Morgan fingerprint density at radius 1 is 1.18 bits per heavy atom. The summed E-state index contributed by atoms with van der Waals surface area (Å²) in [5, 5.41) is 0. The zero-order chi connectivity index (χ0) is 15.1. The molecule has 0 radical (unpaired) electrons. The summed E-state index contributed by atoms with van der Waals surface area (Å²) in [5.41, 5.74) is 3.61. The van der Waals surface area contributed by atoms with Gasteiger partial charge in [-0.15, -0.1) is 0 Å². The third-order valence-corrected chi connectivity index (χ3v) is 4.00. The van der Waals surface area contributed by atoms with E-state index < -0.39 is 0 Å². The van der Waals surface area contributed by atoms with Crippen molar-refractivity contribution in [1.82, 2.24) is 14.3 Å². The Balaban J connectivity index is 1.65. The minimum absolute atomic E-state index is 0.0158. The molecule has 0 spiro atoms. The van der Waals surface area contributed by atoms with Gasteiger partial charge in [-0.1, -0.05) is 18.2 Å². The maximum Gasteiger partial charge on any atom is 0.273 e. The van der Waals surface area contributed by atoms with E-state index in [1.165, 1.54) is 0 Å². The Bertz CT molecular complexity index is 852. The first-order valence-electron chi connectivity index (χ1n) is 7.14. The molecule has 5 heteroatoms. The van der Waals surface area contributed by atoms with Gasteiger partial charge in [-0.25, -0.2) is 4.98 Å². The number of rotatable bonds is 3. The number of ether oxygens (including phenoxy) is 1. The lowest BCUT2D eigenvalue weighted by atomic mass is 10.1. The zero-order valence-corrected chi connectivity index (χ0v) is 12.2. The van der Waals surface area contributed by atoms with E-state index in [-0.39, 0.29) is 5.91 Å². The molecule has 22 heavy (non-hydrogen) atoms. The highest BCUT2D eigenvalue weighted by Crippen LogP contribution is 2.22. The standard InChI is InChI=1S/C17H15N3O2/c1-22-14-7-5-12(6-8-14)10-19-11-13-3-2-4-16-18-9-15(17(19)21)20(13)16/h2-9H,10-11H2,1H3. The lowest BCUT2D eigenvalue weighted by molar-refractivity contribution is 0.0700. The van der Waals surface area contributed by atoms with Crippen molar-refractivity contribution in [2.24, 2.45) is 0 Å². The van der Waals surface area contributed by atoms with Crippen LogP contribution in [0, 0.1) is 0 Å². The molecule has 2 aromatic heterocycles. The highest BCUT2D eigenvalue weighted by molar-refractivity contribution is 5.94. The lowest BCUT2D eigenvalue weighted by Crippen LogP contribution is -2.35. The summed E-state index contributed by atoms with van der Waals surface area (Å²) < 4.78 is 7.10. The molecule has 0 atom stereocenters. The number of carbonyl (C=O) groups excluding carboxylic acids is 1. The monoisotopic (exact) mass is 293 g/mol. The molecule has 5 nitrogen and oxygen atoms in total. The smallest absolute Gasteiger partial charge is 0.273 e. The van der Waals surface area contributed by atoms with Gasteiger partial charge in [0.05, 0.1) is 19.9 Å². The van der Waals surface area contributed by atoms with Gasteiger partial charge in [0.1, 0.15) is 17.1 Å². The molecule has 4 rings (SSSR count). The first kappa shape index (κ1) is 12.9. The van der Waals surface area contributed by atoms with Crippen LogP contribution in [-0.4, -0.2) is 27.3 Å². The number of nitrogens with zero attached hydrogens (tertiary/aromatic N) is 3. The fourth-order valence-electron chi connectivity index (χ4n) is 2.89. The second kappa shape index (κ2) is 4.87.